The predicted molar refractivity (Wildman–Crippen MR) is 103 cm³/mol. The molecule has 0 bridgehead atoms. The third-order valence-electron chi connectivity index (χ3n) is 5.01. The summed E-state index contributed by atoms with van der Waals surface area (Å²) in [4.78, 5) is 27.9. The largest absolute Gasteiger partial charge is 0.333 e. The Labute approximate surface area is 154 Å². The number of hydrogen-bond acceptors (Lipinski definition) is 4. The van der Waals surface area contributed by atoms with Gasteiger partial charge in [0.05, 0.1) is 11.5 Å². The number of aromatic nitrogens is 2. The van der Waals surface area contributed by atoms with Crippen molar-refractivity contribution >= 4 is 21.6 Å². The van der Waals surface area contributed by atoms with Crippen LogP contribution in [-0.2, 0) is 32.4 Å². The fourth-order valence-corrected chi connectivity index (χ4v) is 5.08. The van der Waals surface area contributed by atoms with E-state index in [-0.39, 0.29) is 17.8 Å². The highest BCUT2D eigenvalue weighted by Crippen LogP contribution is 2.34. The van der Waals surface area contributed by atoms with Crippen LogP contribution in [0.3, 0.4) is 0 Å². The second-order valence-corrected chi connectivity index (χ2v) is 7.69. The number of rotatable bonds is 4. The van der Waals surface area contributed by atoms with Gasteiger partial charge in [0.2, 0.25) is 0 Å². The summed E-state index contributed by atoms with van der Waals surface area (Å²) in [5, 5.41) is 9.84. The Bertz CT molecular complexity index is 1120. The molecule has 0 unspecified atom stereocenters. The summed E-state index contributed by atoms with van der Waals surface area (Å²) in [5.74, 6) is 0. The minimum Gasteiger partial charge on any atom is -0.270 e. The molecule has 1 aliphatic rings. The number of fused-ring (bicyclic) bond motifs is 3. The lowest BCUT2D eigenvalue weighted by Crippen LogP contribution is -2.40. The van der Waals surface area contributed by atoms with Crippen LogP contribution in [0.1, 0.15) is 28.8 Å². The molecule has 0 N–H and O–H groups in total. The zero-order chi connectivity index (χ0) is 18.1. The molecular formula is C20H19N3O2S. The minimum absolute atomic E-state index is 0.0274. The molecule has 2 heterocycles. The number of thiophene rings is 1. The van der Waals surface area contributed by atoms with Crippen molar-refractivity contribution in [2.45, 2.75) is 45.2 Å². The Morgan fingerprint density at radius 2 is 1.85 bits per heavy atom. The molecule has 1 aliphatic carbocycles. The van der Waals surface area contributed by atoms with E-state index in [1.807, 2.05) is 30.3 Å². The van der Waals surface area contributed by atoms with Crippen LogP contribution in [0, 0.1) is 11.3 Å². The van der Waals surface area contributed by atoms with Crippen LogP contribution in [0.25, 0.3) is 10.2 Å². The SMILES string of the molecule is N#CCn1c(=O)n(CCc2ccccc2)c(=O)c2c3c(sc21)CCCC3. The van der Waals surface area contributed by atoms with E-state index in [4.69, 9.17) is 0 Å². The summed E-state index contributed by atoms with van der Waals surface area (Å²) >= 11 is 1.52. The number of benzene rings is 1. The van der Waals surface area contributed by atoms with E-state index >= 15 is 0 Å². The molecule has 0 fully saturated rings. The van der Waals surface area contributed by atoms with Crippen LogP contribution in [0.5, 0.6) is 0 Å². The molecule has 0 aliphatic heterocycles. The Balaban J connectivity index is 1.88. The van der Waals surface area contributed by atoms with Gasteiger partial charge in [-0.25, -0.2) is 4.79 Å². The Kier molecular flexibility index (Phi) is 4.48. The second-order valence-electron chi connectivity index (χ2n) is 6.61. The molecular weight excluding hydrogens is 346 g/mol. The van der Waals surface area contributed by atoms with E-state index in [0.29, 0.717) is 23.2 Å². The molecule has 0 saturated carbocycles. The second kappa shape index (κ2) is 6.93. The van der Waals surface area contributed by atoms with Crippen molar-refractivity contribution in [3.05, 3.63) is 67.2 Å². The monoisotopic (exact) mass is 365 g/mol. The zero-order valence-corrected chi connectivity index (χ0v) is 15.2. The van der Waals surface area contributed by atoms with E-state index in [0.717, 1.165) is 36.8 Å². The highest BCUT2D eigenvalue weighted by atomic mass is 32.1. The van der Waals surface area contributed by atoms with E-state index in [1.165, 1.54) is 25.3 Å². The van der Waals surface area contributed by atoms with Crippen LogP contribution < -0.4 is 11.2 Å². The average molecular weight is 365 g/mol. The molecule has 0 saturated heterocycles. The molecule has 26 heavy (non-hydrogen) atoms. The van der Waals surface area contributed by atoms with E-state index in [2.05, 4.69) is 6.07 Å². The Hall–Kier alpha value is -2.65. The topological polar surface area (TPSA) is 67.8 Å². The quantitative estimate of drug-likeness (QED) is 0.714. The van der Waals surface area contributed by atoms with Crippen LogP contribution in [-0.4, -0.2) is 9.13 Å². The van der Waals surface area contributed by atoms with Crippen LogP contribution in [0.15, 0.2) is 39.9 Å². The van der Waals surface area contributed by atoms with Crippen molar-refractivity contribution in [3.8, 4) is 6.07 Å². The van der Waals surface area contributed by atoms with Gasteiger partial charge in [0.1, 0.15) is 11.4 Å². The van der Waals surface area contributed by atoms with Crippen molar-refractivity contribution < 1.29 is 0 Å². The lowest BCUT2D eigenvalue weighted by Gasteiger charge is -2.12. The van der Waals surface area contributed by atoms with Crippen molar-refractivity contribution in [1.82, 2.24) is 9.13 Å². The van der Waals surface area contributed by atoms with Gasteiger partial charge in [-0.3, -0.25) is 13.9 Å². The Morgan fingerprint density at radius 3 is 2.62 bits per heavy atom. The third kappa shape index (κ3) is 2.78. The number of hydrogen-bond donors (Lipinski definition) is 0. The first-order valence-corrected chi connectivity index (χ1v) is 9.71. The summed E-state index contributed by atoms with van der Waals surface area (Å²) in [6.45, 7) is 0.300. The number of aryl methyl sites for hydroxylation is 3. The van der Waals surface area contributed by atoms with Crippen molar-refractivity contribution in [2.24, 2.45) is 0 Å². The standard InChI is InChI=1S/C20H19N3O2S/c21-11-13-23-19-17(15-8-4-5-9-16(15)26-19)18(24)22(20(23)25)12-10-14-6-2-1-3-7-14/h1-3,6-7H,4-5,8-10,12-13H2. The van der Waals surface area contributed by atoms with Gasteiger partial charge in [0.25, 0.3) is 5.56 Å². The van der Waals surface area contributed by atoms with Crippen LogP contribution in [0.4, 0.5) is 0 Å². The third-order valence-corrected chi connectivity index (χ3v) is 6.33. The molecule has 0 amide bonds. The maximum absolute atomic E-state index is 13.1. The molecule has 0 atom stereocenters. The van der Waals surface area contributed by atoms with Gasteiger partial charge < -0.3 is 0 Å². The highest BCUT2D eigenvalue weighted by molar-refractivity contribution is 7.18. The molecule has 0 spiro atoms. The van der Waals surface area contributed by atoms with Crippen LogP contribution >= 0.6 is 11.3 Å². The molecule has 4 rings (SSSR count). The van der Waals surface area contributed by atoms with Gasteiger partial charge in [0.15, 0.2) is 0 Å². The summed E-state index contributed by atoms with van der Waals surface area (Å²) in [5.41, 5.74) is 1.60. The molecule has 3 aromatic rings. The minimum atomic E-state index is -0.376. The summed E-state index contributed by atoms with van der Waals surface area (Å²) in [6, 6.07) is 11.9. The van der Waals surface area contributed by atoms with Gasteiger partial charge in [-0.2, -0.15) is 5.26 Å². The Morgan fingerprint density at radius 1 is 1.08 bits per heavy atom. The van der Waals surface area contributed by atoms with Crippen LogP contribution in [0.2, 0.25) is 0 Å². The molecule has 0 radical (unpaired) electrons. The summed E-state index contributed by atoms with van der Waals surface area (Å²) in [7, 11) is 0. The molecule has 6 heteroatoms. The fourth-order valence-electron chi connectivity index (χ4n) is 3.71. The average Bonchev–Trinajstić information content (AvgIpc) is 3.05. The fraction of sp³-hybridized carbons (Fsp3) is 0.350. The van der Waals surface area contributed by atoms with E-state index in [1.54, 1.807) is 0 Å². The lowest BCUT2D eigenvalue weighted by atomic mass is 9.97. The molecule has 132 valence electrons. The van der Waals surface area contributed by atoms with Crippen molar-refractivity contribution in [1.29, 1.82) is 5.26 Å². The van der Waals surface area contributed by atoms with Gasteiger partial charge in [-0.15, -0.1) is 11.3 Å². The number of nitriles is 1. The van der Waals surface area contributed by atoms with Gasteiger partial charge in [-0.05, 0) is 43.2 Å². The number of nitrogens with zero attached hydrogens (tertiary/aromatic N) is 3. The van der Waals surface area contributed by atoms with Gasteiger partial charge >= 0.3 is 5.69 Å². The maximum Gasteiger partial charge on any atom is 0.333 e. The van der Waals surface area contributed by atoms with Crippen molar-refractivity contribution in [3.63, 3.8) is 0 Å². The van der Waals surface area contributed by atoms with Gasteiger partial charge in [0, 0.05) is 11.4 Å². The molecule has 2 aromatic heterocycles. The molecule has 1 aromatic carbocycles. The molecule has 5 nitrogen and oxygen atoms in total. The smallest absolute Gasteiger partial charge is 0.270 e. The first-order valence-electron chi connectivity index (χ1n) is 8.89. The summed E-state index contributed by atoms with van der Waals surface area (Å²) < 4.78 is 2.79. The normalized spacial score (nSPS) is 13.5. The van der Waals surface area contributed by atoms with Gasteiger partial charge in [-0.1, -0.05) is 30.3 Å². The van der Waals surface area contributed by atoms with E-state index < -0.39 is 0 Å². The summed E-state index contributed by atoms with van der Waals surface area (Å²) in [6.07, 6.45) is 4.64. The predicted octanol–water partition coefficient (Wildman–Crippen LogP) is 2.87. The first kappa shape index (κ1) is 16.8. The van der Waals surface area contributed by atoms with Crippen molar-refractivity contribution in [2.75, 3.05) is 0 Å². The maximum atomic E-state index is 13.1. The lowest BCUT2D eigenvalue weighted by molar-refractivity contribution is 0.595. The highest BCUT2D eigenvalue weighted by Gasteiger charge is 2.23. The van der Waals surface area contributed by atoms with E-state index in [9.17, 15) is 14.9 Å². The zero-order valence-electron chi connectivity index (χ0n) is 14.4. The first-order chi connectivity index (χ1) is 12.7.